The number of halogens is 1. The number of methoxy groups -OCH3 is 1. The quantitative estimate of drug-likeness (QED) is 0.853. The molecule has 3 rings (SSSR count). The summed E-state index contributed by atoms with van der Waals surface area (Å²) in [6, 6.07) is 9.44. The smallest absolute Gasteiger partial charge is 0.270 e. The average Bonchev–Trinajstić information content (AvgIpc) is 3.01. The summed E-state index contributed by atoms with van der Waals surface area (Å²) in [6.45, 7) is 3.91. The van der Waals surface area contributed by atoms with E-state index >= 15 is 0 Å². The number of aromatic nitrogens is 1. The Morgan fingerprint density at radius 3 is 2.58 bits per heavy atom. The zero-order chi connectivity index (χ0) is 17.1. The molecule has 5 nitrogen and oxygen atoms in total. The second kappa shape index (κ2) is 7.28. The van der Waals surface area contributed by atoms with Crippen molar-refractivity contribution in [3.8, 4) is 5.75 Å². The van der Waals surface area contributed by atoms with Crippen LogP contribution in [0.25, 0.3) is 0 Å². The van der Waals surface area contributed by atoms with Crippen LogP contribution >= 0.6 is 11.6 Å². The molecule has 0 unspecified atom stereocenters. The van der Waals surface area contributed by atoms with E-state index in [1.54, 1.807) is 7.11 Å². The molecule has 1 amide bonds. The topological polar surface area (TPSA) is 37.7 Å². The molecule has 0 radical (unpaired) electrons. The van der Waals surface area contributed by atoms with Crippen molar-refractivity contribution < 1.29 is 9.53 Å². The molecule has 0 aliphatic carbocycles. The van der Waals surface area contributed by atoms with Gasteiger partial charge in [-0.25, -0.2) is 0 Å². The number of amides is 1. The van der Waals surface area contributed by atoms with Crippen molar-refractivity contribution in [2.75, 3.05) is 33.3 Å². The summed E-state index contributed by atoms with van der Waals surface area (Å²) in [5.74, 6) is 0.948. The predicted molar refractivity (Wildman–Crippen MR) is 94.6 cm³/mol. The van der Waals surface area contributed by atoms with Gasteiger partial charge in [0.05, 0.1) is 7.11 Å². The molecule has 0 N–H and O–H groups in total. The maximum absolute atomic E-state index is 12.5. The summed E-state index contributed by atoms with van der Waals surface area (Å²) in [5, 5.41) is 0.711. The van der Waals surface area contributed by atoms with Crippen molar-refractivity contribution in [1.82, 2.24) is 14.4 Å². The van der Waals surface area contributed by atoms with Crippen LogP contribution in [-0.2, 0) is 13.6 Å². The van der Waals surface area contributed by atoms with Gasteiger partial charge < -0.3 is 14.2 Å². The van der Waals surface area contributed by atoms with Gasteiger partial charge in [0.2, 0.25) is 0 Å². The lowest BCUT2D eigenvalue weighted by atomic mass is 10.1. The zero-order valence-corrected chi connectivity index (χ0v) is 14.8. The predicted octanol–water partition coefficient (Wildman–Crippen LogP) is 2.65. The lowest BCUT2D eigenvalue weighted by molar-refractivity contribution is 0.0618. The van der Waals surface area contributed by atoms with E-state index in [0.29, 0.717) is 5.02 Å². The van der Waals surface area contributed by atoms with E-state index in [0.717, 1.165) is 49.7 Å². The Hall–Kier alpha value is -1.98. The molecular formula is C18H22ClN3O2. The number of hydrogen-bond acceptors (Lipinski definition) is 3. The molecule has 128 valence electrons. The number of aryl methyl sites for hydroxylation is 1. The molecule has 1 aromatic heterocycles. The molecule has 0 saturated carbocycles. The Morgan fingerprint density at radius 2 is 1.96 bits per heavy atom. The number of rotatable bonds is 4. The maximum atomic E-state index is 12.5. The van der Waals surface area contributed by atoms with E-state index in [2.05, 4.69) is 4.90 Å². The normalized spacial score (nSPS) is 15.5. The van der Waals surface area contributed by atoms with Gasteiger partial charge >= 0.3 is 0 Å². The number of carbonyl (C=O) groups is 1. The van der Waals surface area contributed by atoms with E-state index in [-0.39, 0.29) is 5.91 Å². The van der Waals surface area contributed by atoms with Crippen LogP contribution in [-0.4, -0.2) is 53.6 Å². The van der Waals surface area contributed by atoms with Crippen LogP contribution in [0.15, 0.2) is 36.5 Å². The summed E-state index contributed by atoms with van der Waals surface area (Å²) in [7, 11) is 3.57. The van der Waals surface area contributed by atoms with Gasteiger partial charge in [-0.3, -0.25) is 9.69 Å². The van der Waals surface area contributed by atoms with E-state index in [1.807, 2.05) is 53.0 Å². The van der Waals surface area contributed by atoms with Gasteiger partial charge in [-0.15, -0.1) is 0 Å². The molecule has 0 atom stereocenters. The van der Waals surface area contributed by atoms with Gasteiger partial charge in [0, 0.05) is 56.6 Å². The fraction of sp³-hybridized carbons (Fsp3) is 0.389. The van der Waals surface area contributed by atoms with Crippen LogP contribution < -0.4 is 4.74 Å². The van der Waals surface area contributed by atoms with Gasteiger partial charge in [0.15, 0.2) is 0 Å². The van der Waals surface area contributed by atoms with Gasteiger partial charge in [-0.2, -0.15) is 0 Å². The molecule has 1 aliphatic heterocycles. The Balaban J connectivity index is 1.61. The van der Waals surface area contributed by atoms with E-state index in [1.165, 1.54) is 0 Å². The second-order valence-electron chi connectivity index (χ2n) is 6.03. The lowest BCUT2D eigenvalue weighted by Gasteiger charge is -2.35. The summed E-state index contributed by atoms with van der Waals surface area (Å²) >= 11 is 6.10. The first-order chi connectivity index (χ1) is 11.6. The molecular weight excluding hydrogens is 326 g/mol. The SMILES string of the molecule is COc1ccc(Cl)cc1CN1CCN(C(=O)c2cccn2C)CC1. The number of hydrogen-bond donors (Lipinski definition) is 0. The van der Waals surface area contributed by atoms with Crippen LogP contribution in [0, 0.1) is 0 Å². The zero-order valence-electron chi connectivity index (χ0n) is 14.0. The molecule has 1 aromatic carbocycles. The molecule has 1 fully saturated rings. The number of ether oxygens (including phenoxy) is 1. The molecule has 2 heterocycles. The molecule has 1 saturated heterocycles. The van der Waals surface area contributed by atoms with Crippen LogP contribution in [0.1, 0.15) is 16.1 Å². The number of benzene rings is 1. The number of nitrogens with zero attached hydrogens (tertiary/aromatic N) is 3. The summed E-state index contributed by atoms with van der Waals surface area (Å²) in [6.07, 6.45) is 1.90. The van der Waals surface area contributed by atoms with Crippen molar-refractivity contribution in [3.63, 3.8) is 0 Å². The van der Waals surface area contributed by atoms with Crippen LogP contribution in [0.4, 0.5) is 0 Å². The van der Waals surface area contributed by atoms with Crippen molar-refractivity contribution in [2.24, 2.45) is 7.05 Å². The Labute approximate surface area is 147 Å². The van der Waals surface area contributed by atoms with E-state index < -0.39 is 0 Å². The molecule has 2 aromatic rings. The maximum Gasteiger partial charge on any atom is 0.270 e. The van der Waals surface area contributed by atoms with Crippen molar-refractivity contribution in [3.05, 3.63) is 52.8 Å². The Bertz CT molecular complexity index is 721. The first-order valence-electron chi connectivity index (χ1n) is 8.04. The minimum absolute atomic E-state index is 0.0995. The average molecular weight is 348 g/mol. The summed E-state index contributed by atoms with van der Waals surface area (Å²) < 4.78 is 7.28. The third-order valence-electron chi connectivity index (χ3n) is 4.46. The van der Waals surface area contributed by atoms with Crippen LogP contribution in [0.3, 0.4) is 0 Å². The highest BCUT2D eigenvalue weighted by Gasteiger charge is 2.24. The molecule has 24 heavy (non-hydrogen) atoms. The van der Waals surface area contributed by atoms with Crippen molar-refractivity contribution in [2.45, 2.75) is 6.54 Å². The minimum atomic E-state index is 0.0995. The van der Waals surface area contributed by atoms with Gasteiger partial charge in [-0.1, -0.05) is 11.6 Å². The van der Waals surface area contributed by atoms with Crippen molar-refractivity contribution in [1.29, 1.82) is 0 Å². The fourth-order valence-corrected chi connectivity index (χ4v) is 3.26. The van der Waals surface area contributed by atoms with E-state index in [4.69, 9.17) is 16.3 Å². The summed E-state index contributed by atoms with van der Waals surface area (Å²) in [4.78, 5) is 16.8. The van der Waals surface area contributed by atoms with Gasteiger partial charge in [0.1, 0.15) is 11.4 Å². The van der Waals surface area contributed by atoms with Gasteiger partial charge in [-0.05, 0) is 30.3 Å². The monoisotopic (exact) mass is 347 g/mol. The standard InChI is InChI=1S/C18H22ClN3O2/c1-20-7-3-4-16(20)18(23)22-10-8-21(9-11-22)13-14-12-15(19)5-6-17(14)24-2/h3-7,12H,8-11,13H2,1-2H3. The highest BCUT2D eigenvalue weighted by molar-refractivity contribution is 6.30. The molecule has 0 spiro atoms. The fourth-order valence-electron chi connectivity index (χ4n) is 3.07. The largest absolute Gasteiger partial charge is 0.496 e. The third kappa shape index (κ3) is 3.57. The molecule has 6 heteroatoms. The summed E-state index contributed by atoms with van der Waals surface area (Å²) in [5.41, 5.74) is 1.81. The second-order valence-corrected chi connectivity index (χ2v) is 6.47. The van der Waals surface area contributed by atoms with Crippen LogP contribution in [0.2, 0.25) is 5.02 Å². The Kier molecular flexibility index (Phi) is 5.11. The number of piperazine rings is 1. The first kappa shape index (κ1) is 16.9. The molecule has 1 aliphatic rings. The lowest BCUT2D eigenvalue weighted by Crippen LogP contribution is -2.48. The minimum Gasteiger partial charge on any atom is -0.496 e. The van der Waals surface area contributed by atoms with Gasteiger partial charge in [0.25, 0.3) is 5.91 Å². The first-order valence-corrected chi connectivity index (χ1v) is 8.41. The van der Waals surface area contributed by atoms with Crippen LogP contribution in [0.5, 0.6) is 5.75 Å². The highest BCUT2D eigenvalue weighted by atomic mass is 35.5. The van der Waals surface area contributed by atoms with Crippen molar-refractivity contribution >= 4 is 17.5 Å². The highest BCUT2D eigenvalue weighted by Crippen LogP contribution is 2.24. The number of carbonyl (C=O) groups excluding carboxylic acids is 1. The molecule has 0 bridgehead atoms. The van der Waals surface area contributed by atoms with E-state index in [9.17, 15) is 4.79 Å². The Morgan fingerprint density at radius 1 is 1.21 bits per heavy atom. The third-order valence-corrected chi connectivity index (χ3v) is 4.69.